The minimum Gasteiger partial charge on any atom is -0.479 e. The Labute approximate surface area is 98.9 Å². The summed E-state index contributed by atoms with van der Waals surface area (Å²) in [5.41, 5.74) is 6.15. The standard InChI is InChI=1S/C11H13ClN2O2/c1-14-5-4-10(11(14)15)16-9-3-2-7(13)6-8(9)12/h2-3,6,10H,4-5,13H2,1H3. The average molecular weight is 241 g/mol. The van der Waals surface area contributed by atoms with Crippen LogP contribution in [0, 0.1) is 0 Å². The lowest BCUT2D eigenvalue weighted by Gasteiger charge is -2.14. The van der Waals surface area contributed by atoms with Gasteiger partial charge in [-0.1, -0.05) is 11.6 Å². The minimum absolute atomic E-state index is 0.00658. The topological polar surface area (TPSA) is 55.6 Å². The Morgan fingerprint density at radius 2 is 2.31 bits per heavy atom. The molecule has 86 valence electrons. The van der Waals surface area contributed by atoms with E-state index < -0.39 is 6.10 Å². The number of rotatable bonds is 2. The fourth-order valence-electron chi connectivity index (χ4n) is 1.67. The van der Waals surface area contributed by atoms with Crippen molar-refractivity contribution in [2.75, 3.05) is 19.3 Å². The van der Waals surface area contributed by atoms with Gasteiger partial charge in [-0.15, -0.1) is 0 Å². The monoisotopic (exact) mass is 240 g/mol. The minimum atomic E-state index is -0.425. The lowest BCUT2D eigenvalue weighted by Crippen LogP contribution is -2.29. The van der Waals surface area contributed by atoms with Gasteiger partial charge in [-0.2, -0.15) is 0 Å². The summed E-state index contributed by atoms with van der Waals surface area (Å²) in [7, 11) is 1.76. The number of nitrogens with zero attached hydrogens (tertiary/aromatic N) is 1. The van der Waals surface area contributed by atoms with Crippen molar-refractivity contribution in [1.29, 1.82) is 0 Å². The average Bonchev–Trinajstić information content (AvgIpc) is 2.54. The van der Waals surface area contributed by atoms with E-state index in [2.05, 4.69) is 0 Å². The highest BCUT2D eigenvalue weighted by Gasteiger charge is 2.31. The van der Waals surface area contributed by atoms with Gasteiger partial charge in [-0.3, -0.25) is 4.79 Å². The summed E-state index contributed by atoms with van der Waals surface area (Å²) in [6.45, 7) is 0.718. The third kappa shape index (κ3) is 2.07. The van der Waals surface area contributed by atoms with E-state index in [4.69, 9.17) is 22.1 Å². The zero-order chi connectivity index (χ0) is 11.7. The van der Waals surface area contributed by atoms with Crippen LogP contribution in [0.5, 0.6) is 5.75 Å². The van der Waals surface area contributed by atoms with Crippen molar-refractivity contribution in [2.24, 2.45) is 0 Å². The van der Waals surface area contributed by atoms with E-state index in [-0.39, 0.29) is 5.91 Å². The fraction of sp³-hybridized carbons (Fsp3) is 0.364. The number of ether oxygens (including phenoxy) is 1. The normalized spacial score (nSPS) is 20.2. The fourth-order valence-corrected chi connectivity index (χ4v) is 1.90. The van der Waals surface area contributed by atoms with Crippen molar-refractivity contribution < 1.29 is 9.53 Å². The van der Waals surface area contributed by atoms with Crippen LogP contribution >= 0.6 is 11.6 Å². The first-order valence-electron chi connectivity index (χ1n) is 5.04. The quantitative estimate of drug-likeness (QED) is 0.798. The molecule has 1 aromatic rings. The Kier molecular flexibility index (Phi) is 2.92. The number of benzene rings is 1. The van der Waals surface area contributed by atoms with Crippen LogP contribution in [-0.4, -0.2) is 30.5 Å². The van der Waals surface area contributed by atoms with E-state index in [1.165, 1.54) is 0 Å². The molecule has 0 spiro atoms. The maximum atomic E-state index is 11.6. The van der Waals surface area contributed by atoms with E-state index in [0.29, 0.717) is 22.9 Å². The molecule has 0 saturated carbocycles. The largest absolute Gasteiger partial charge is 0.479 e. The number of halogens is 1. The Hall–Kier alpha value is -1.42. The second-order valence-corrected chi connectivity index (χ2v) is 4.25. The smallest absolute Gasteiger partial charge is 0.263 e. The molecule has 1 unspecified atom stereocenters. The van der Waals surface area contributed by atoms with Crippen LogP contribution in [0.25, 0.3) is 0 Å². The van der Waals surface area contributed by atoms with Gasteiger partial charge in [0.05, 0.1) is 5.02 Å². The van der Waals surface area contributed by atoms with Crippen LogP contribution in [0.1, 0.15) is 6.42 Å². The summed E-state index contributed by atoms with van der Waals surface area (Å²) >= 11 is 5.96. The van der Waals surface area contributed by atoms with Gasteiger partial charge in [-0.25, -0.2) is 0 Å². The third-order valence-electron chi connectivity index (χ3n) is 2.60. The molecule has 2 rings (SSSR count). The van der Waals surface area contributed by atoms with Crippen molar-refractivity contribution in [3.63, 3.8) is 0 Å². The number of anilines is 1. The molecule has 0 bridgehead atoms. The molecule has 16 heavy (non-hydrogen) atoms. The molecule has 1 aliphatic rings. The highest BCUT2D eigenvalue weighted by molar-refractivity contribution is 6.32. The van der Waals surface area contributed by atoms with Gasteiger partial charge in [-0.05, 0) is 18.2 Å². The molecular weight excluding hydrogens is 228 g/mol. The first-order valence-corrected chi connectivity index (χ1v) is 5.42. The van der Waals surface area contributed by atoms with Crippen molar-refractivity contribution >= 4 is 23.2 Å². The van der Waals surface area contributed by atoms with Gasteiger partial charge < -0.3 is 15.4 Å². The molecule has 1 saturated heterocycles. The number of hydrogen-bond acceptors (Lipinski definition) is 3. The molecule has 0 aromatic heterocycles. The van der Waals surface area contributed by atoms with Gasteiger partial charge in [0.2, 0.25) is 0 Å². The van der Waals surface area contributed by atoms with Crippen LogP contribution in [0.2, 0.25) is 5.02 Å². The van der Waals surface area contributed by atoms with Gasteiger partial charge in [0.1, 0.15) is 5.75 Å². The number of amides is 1. The molecule has 1 fully saturated rings. The Balaban J connectivity index is 2.12. The van der Waals surface area contributed by atoms with Crippen molar-refractivity contribution in [3.05, 3.63) is 23.2 Å². The summed E-state index contributed by atoms with van der Waals surface area (Å²) in [5, 5.41) is 0.433. The predicted octanol–water partition coefficient (Wildman–Crippen LogP) is 1.53. The Morgan fingerprint density at radius 3 is 2.88 bits per heavy atom. The highest BCUT2D eigenvalue weighted by Crippen LogP contribution is 2.28. The first kappa shape index (κ1) is 11.1. The molecule has 1 aliphatic heterocycles. The van der Waals surface area contributed by atoms with E-state index in [9.17, 15) is 4.79 Å². The van der Waals surface area contributed by atoms with Crippen LogP contribution < -0.4 is 10.5 Å². The van der Waals surface area contributed by atoms with E-state index in [1.807, 2.05) is 0 Å². The van der Waals surface area contributed by atoms with Crippen LogP contribution in [0.4, 0.5) is 5.69 Å². The SMILES string of the molecule is CN1CCC(Oc2ccc(N)cc2Cl)C1=O. The van der Waals surface area contributed by atoms with Gasteiger partial charge >= 0.3 is 0 Å². The molecular formula is C11H13ClN2O2. The molecule has 0 aliphatic carbocycles. The summed E-state index contributed by atoms with van der Waals surface area (Å²) in [6.07, 6.45) is 0.266. The predicted molar refractivity (Wildman–Crippen MR) is 62.5 cm³/mol. The molecule has 4 nitrogen and oxygen atoms in total. The van der Waals surface area contributed by atoms with Gasteiger partial charge in [0, 0.05) is 25.7 Å². The number of likely N-dealkylation sites (tertiary alicyclic amines) is 1. The maximum Gasteiger partial charge on any atom is 0.263 e. The number of nitrogens with two attached hydrogens (primary N) is 1. The summed E-state index contributed by atoms with van der Waals surface area (Å²) in [6, 6.07) is 4.99. The van der Waals surface area contributed by atoms with E-state index in [1.54, 1.807) is 30.1 Å². The number of carbonyl (C=O) groups is 1. The van der Waals surface area contributed by atoms with Gasteiger partial charge in [0.15, 0.2) is 6.10 Å². The van der Waals surface area contributed by atoms with Crippen LogP contribution in [0.3, 0.4) is 0 Å². The molecule has 5 heteroatoms. The lowest BCUT2D eigenvalue weighted by atomic mass is 10.3. The highest BCUT2D eigenvalue weighted by atomic mass is 35.5. The number of carbonyl (C=O) groups excluding carboxylic acids is 1. The molecule has 2 N–H and O–H groups in total. The first-order chi connectivity index (χ1) is 7.58. The van der Waals surface area contributed by atoms with E-state index in [0.717, 1.165) is 6.54 Å². The van der Waals surface area contributed by atoms with Crippen molar-refractivity contribution in [3.8, 4) is 5.75 Å². The van der Waals surface area contributed by atoms with Gasteiger partial charge in [0.25, 0.3) is 5.91 Å². The molecule has 1 heterocycles. The second-order valence-electron chi connectivity index (χ2n) is 3.84. The zero-order valence-electron chi connectivity index (χ0n) is 8.94. The molecule has 1 amide bonds. The number of nitrogen functional groups attached to an aromatic ring is 1. The summed E-state index contributed by atoms with van der Waals surface area (Å²) in [4.78, 5) is 13.3. The zero-order valence-corrected chi connectivity index (χ0v) is 9.70. The molecule has 1 aromatic carbocycles. The maximum absolute atomic E-state index is 11.6. The second kappa shape index (κ2) is 4.22. The van der Waals surface area contributed by atoms with E-state index >= 15 is 0 Å². The van der Waals surface area contributed by atoms with Crippen molar-refractivity contribution in [1.82, 2.24) is 4.90 Å². The summed E-state index contributed by atoms with van der Waals surface area (Å²) < 4.78 is 5.57. The third-order valence-corrected chi connectivity index (χ3v) is 2.90. The Bertz CT molecular complexity index is 422. The summed E-state index contributed by atoms with van der Waals surface area (Å²) in [5.74, 6) is 0.498. The number of likely N-dealkylation sites (N-methyl/N-ethyl adjacent to an activating group) is 1. The van der Waals surface area contributed by atoms with Crippen molar-refractivity contribution in [2.45, 2.75) is 12.5 Å². The lowest BCUT2D eigenvalue weighted by molar-refractivity contribution is -0.132. The number of hydrogen-bond donors (Lipinski definition) is 1. The van der Waals surface area contributed by atoms with Crippen LogP contribution in [-0.2, 0) is 4.79 Å². The van der Waals surface area contributed by atoms with Crippen LogP contribution in [0.15, 0.2) is 18.2 Å². The molecule has 1 atom stereocenters. The Morgan fingerprint density at radius 1 is 1.56 bits per heavy atom. The molecule has 0 radical (unpaired) electrons.